The van der Waals surface area contributed by atoms with Gasteiger partial charge >= 0.3 is 0 Å². The summed E-state index contributed by atoms with van der Waals surface area (Å²) >= 11 is 0. The molecule has 2 aromatic rings. The second-order valence-corrected chi connectivity index (χ2v) is 5.42. The number of aromatic amines is 1. The van der Waals surface area contributed by atoms with E-state index in [0.29, 0.717) is 12.0 Å². The molecule has 2 nitrogen and oxygen atoms in total. The van der Waals surface area contributed by atoms with E-state index >= 15 is 0 Å². The van der Waals surface area contributed by atoms with Crippen LogP contribution in [0.2, 0.25) is 0 Å². The molecule has 1 heterocycles. The van der Waals surface area contributed by atoms with Gasteiger partial charge in [0.1, 0.15) is 0 Å². The van der Waals surface area contributed by atoms with Gasteiger partial charge < -0.3 is 10.7 Å². The van der Waals surface area contributed by atoms with E-state index < -0.39 is 0 Å². The number of hydrogen-bond acceptors (Lipinski definition) is 1. The van der Waals surface area contributed by atoms with Crippen molar-refractivity contribution < 1.29 is 0 Å². The van der Waals surface area contributed by atoms with Crippen molar-refractivity contribution in [2.75, 3.05) is 0 Å². The minimum atomic E-state index is 0.392. The summed E-state index contributed by atoms with van der Waals surface area (Å²) in [6.07, 6.45) is 7.07. The van der Waals surface area contributed by atoms with E-state index in [1.165, 1.54) is 41.3 Å². The van der Waals surface area contributed by atoms with Crippen LogP contribution in [0, 0.1) is 6.92 Å². The van der Waals surface area contributed by atoms with Crippen molar-refractivity contribution >= 4 is 10.9 Å². The number of nitrogens with two attached hydrogens (primary N) is 1. The first-order valence-electron chi connectivity index (χ1n) is 6.57. The molecule has 0 radical (unpaired) electrons. The van der Waals surface area contributed by atoms with E-state index in [0.717, 1.165) is 6.42 Å². The number of aromatic nitrogens is 1. The molecule has 0 saturated heterocycles. The number of H-pyrrole nitrogens is 1. The fourth-order valence-corrected chi connectivity index (χ4v) is 3.10. The summed E-state index contributed by atoms with van der Waals surface area (Å²) in [6.45, 7) is 2.16. The van der Waals surface area contributed by atoms with E-state index in [-0.39, 0.29) is 0 Å². The van der Waals surface area contributed by atoms with Crippen LogP contribution in [-0.2, 0) is 0 Å². The molecule has 2 atom stereocenters. The van der Waals surface area contributed by atoms with Crippen molar-refractivity contribution in [1.82, 2.24) is 4.98 Å². The Balaban J connectivity index is 2.01. The van der Waals surface area contributed by atoms with Gasteiger partial charge in [0.25, 0.3) is 0 Å². The molecule has 1 aliphatic carbocycles. The number of rotatable bonds is 1. The maximum atomic E-state index is 6.09. The van der Waals surface area contributed by atoms with Gasteiger partial charge in [0.2, 0.25) is 0 Å². The molecular formula is C15H20N2. The van der Waals surface area contributed by atoms with E-state index in [4.69, 9.17) is 5.73 Å². The van der Waals surface area contributed by atoms with Gasteiger partial charge in [-0.3, -0.25) is 0 Å². The highest BCUT2D eigenvalue weighted by atomic mass is 14.7. The molecule has 3 rings (SSSR count). The van der Waals surface area contributed by atoms with Crippen LogP contribution in [-0.4, -0.2) is 11.0 Å². The number of hydrogen-bond donors (Lipinski definition) is 2. The third kappa shape index (κ3) is 1.98. The number of benzene rings is 1. The van der Waals surface area contributed by atoms with Crippen LogP contribution in [0.15, 0.2) is 24.4 Å². The second-order valence-electron chi connectivity index (χ2n) is 5.42. The largest absolute Gasteiger partial charge is 0.361 e. The molecule has 1 saturated carbocycles. The van der Waals surface area contributed by atoms with Crippen molar-refractivity contribution in [3.63, 3.8) is 0 Å². The van der Waals surface area contributed by atoms with Crippen molar-refractivity contribution in [3.05, 3.63) is 35.5 Å². The molecule has 1 aliphatic rings. The van der Waals surface area contributed by atoms with E-state index in [9.17, 15) is 0 Å². The Morgan fingerprint density at radius 1 is 1.29 bits per heavy atom. The molecule has 0 bridgehead atoms. The molecule has 3 N–H and O–H groups in total. The Kier molecular flexibility index (Phi) is 2.67. The van der Waals surface area contributed by atoms with Crippen LogP contribution in [0.3, 0.4) is 0 Å². The summed E-state index contributed by atoms with van der Waals surface area (Å²) in [6, 6.07) is 7.02. The van der Waals surface area contributed by atoms with Gasteiger partial charge in [0.15, 0.2) is 0 Å². The van der Waals surface area contributed by atoms with Crippen molar-refractivity contribution in [1.29, 1.82) is 0 Å². The smallest absolute Gasteiger partial charge is 0.0457 e. The minimum absolute atomic E-state index is 0.392. The van der Waals surface area contributed by atoms with Crippen LogP contribution in [0.5, 0.6) is 0 Å². The van der Waals surface area contributed by atoms with Gasteiger partial charge in [0, 0.05) is 23.1 Å². The first-order chi connectivity index (χ1) is 8.24. The lowest BCUT2D eigenvalue weighted by atomic mass is 9.81. The Morgan fingerprint density at radius 3 is 3.00 bits per heavy atom. The number of nitrogens with one attached hydrogen (secondary N) is 1. The Hall–Kier alpha value is -1.28. The summed E-state index contributed by atoms with van der Waals surface area (Å²) in [4.78, 5) is 3.39. The average Bonchev–Trinajstić information content (AvgIpc) is 2.71. The molecule has 2 heteroatoms. The summed E-state index contributed by atoms with van der Waals surface area (Å²) in [5.74, 6) is 0.647. The molecule has 0 unspecified atom stereocenters. The number of fused-ring (bicyclic) bond motifs is 1. The predicted molar refractivity (Wildman–Crippen MR) is 72.2 cm³/mol. The quantitative estimate of drug-likeness (QED) is 0.771. The molecule has 0 spiro atoms. The van der Waals surface area contributed by atoms with Gasteiger partial charge in [-0.05, 0) is 49.8 Å². The van der Waals surface area contributed by atoms with Crippen molar-refractivity contribution in [2.24, 2.45) is 5.73 Å². The fraction of sp³-hybridized carbons (Fsp3) is 0.467. The Labute approximate surface area is 102 Å². The average molecular weight is 228 g/mol. The zero-order valence-electron chi connectivity index (χ0n) is 10.4. The predicted octanol–water partition coefficient (Wildman–Crippen LogP) is 3.46. The summed E-state index contributed by atoms with van der Waals surface area (Å²) in [7, 11) is 0. The molecule has 90 valence electrons. The normalized spacial score (nSPS) is 25.3. The minimum Gasteiger partial charge on any atom is -0.361 e. The van der Waals surface area contributed by atoms with Gasteiger partial charge in [-0.1, -0.05) is 18.1 Å². The zero-order valence-corrected chi connectivity index (χ0v) is 10.4. The van der Waals surface area contributed by atoms with Gasteiger partial charge in [0.05, 0.1) is 0 Å². The highest BCUT2D eigenvalue weighted by Gasteiger charge is 2.22. The number of aryl methyl sites for hydroxylation is 1. The van der Waals surface area contributed by atoms with Crippen LogP contribution < -0.4 is 5.73 Å². The summed E-state index contributed by atoms with van der Waals surface area (Å²) in [5.41, 5.74) is 10.2. The summed E-state index contributed by atoms with van der Waals surface area (Å²) < 4.78 is 0. The first-order valence-corrected chi connectivity index (χ1v) is 6.57. The van der Waals surface area contributed by atoms with Gasteiger partial charge in [-0.15, -0.1) is 0 Å². The van der Waals surface area contributed by atoms with E-state index in [1.807, 2.05) is 0 Å². The van der Waals surface area contributed by atoms with Crippen LogP contribution in [0.25, 0.3) is 10.9 Å². The Bertz CT molecular complexity index is 527. The molecule has 17 heavy (non-hydrogen) atoms. The van der Waals surface area contributed by atoms with E-state index in [2.05, 4.69) is 36.3 Å². The van der Waals surface area contributed by atoms with Crippen LogP contribution in [0.4, 0.5) is 0 Å². The molecule has 1 aromatic heterocycles. The third-order valence-electron chi connectivity index (χ3n) is 4.02. The first kappa shape index (κ1) is 10.8. The lowest BCUT2D eigenvalue weighted by Crippen LogP contribution is -2.26. The van der Waals surface area contributed by atoms with E-state index in [1.54, 1.807) is 0 Å². The molecular weight excluding hydrogens is 208 g/mol. The maximum Gasteiger partial charge on any atom is 0.0457 e. The fourth-order valence-electron chi connectivity index (χ4n) is 3.10. The second kappa shape index (κ2) is 4.19. The van der Waals surface area contributed by atoms with Crippen molar-refractivity contribution in [3.8, 4) is 0 Å². The highest BCUT2D eigenvalue weighted by molar-refractivity contribution is 5.84. The SMILES string of the molecule is Cc1ccc2[nH]cc([C@@H]3CCC[C@H](N)C3)c2c1. The molecule has 1 fully saturated rings. The molecule has 0 aliphatic heterocycles. The lowest BCUT2D eigenvalue weighted by Gasteiger charge is -2.26. The standard InChI is InChI=1S/C15H20N2/c1-10-5-6-15-13(7-10)14(9-17-15)11-3-2-4-12(16)8-11/h5-7,9,11-12,17H,2-4,8,16H2,1H3/t11-,12+/m1/s1. The van der Waals surface area contributed by atoms with Crippen molar-refractivity contribution in [2.45, 2.75) is 44.6 Å². The van der Waals surface area contributed by atoms with Crippen LogP contribution >= 0.6 is 0 Å². The maximum absolute atomic E-state index is 6.09. The zero-order chi connectivity index (χ0) is 11.8. The third-order valence-corrected chi connectivity index (χ3v) is 4.02. The lowest BCUT2D eigenvalue weighted by molar-refractivity contribution is 0.395. The Morgan fingerprint density at radius 2 is 2.18 bits per heavy atom. The summed E-state index contributed by atoms with van der Waals surface area (Å²) in [5, 5.41) is 1.39. The molecule has 1 aromatic carbocycles. The highest BCUT2D eigenvalue weighted by Crippen LogP contribution is 2.36. The van der Waals surface area contributed by atoms with Crippen LogP contribution in [0.1, 0.15) is 42.7 Å². The monoisotopic (exact) mass is 228 g/mol. The van der Waals surface area contributed by atoms with Gasteiger partial charge in [-0.2, -0.15) is 0 Å². The topological polar surface area (TPSA) is 41.8 Å². The van der Waals surface area contributed by atoms with Gasteiger partial charge in [-0.25, -0.2) is 0 Å². The molecule has 0 amide bonds.